The van der Waals surface area contributed by atoms with Crippen LogP contribution < -0.4 is 5.32 Å². The van der Waals surface area contributed by atoms with Gasteiger partial charge in [0.15, 0.2) is 0 Å². The number of benzene rings is 1. The largest absolute Gasteiger partial charge is 0.382 e. The highest BCUT2D eigenvalue weighted by Gasteiger charge is 2.08. The first-order chi connectivity index (χ1) is 9.72. The second kappa shape index (κ2) is 7.85. The molecule has 0 radical (unpaired) electrons. The molecule has 0 aliphatic rings. The third kappa shape index (κ3) is 4.10. The third-order valence-corrected chi connectivity index (χ3v) is 3.74. The van der Waals surface area contributed by atoms with Gasteiger partial charge in [0.2, 0.25) is 5.95 Å². The van der Waals surface area contributed by atoms with Crippen LogP contribution in [0.15, 0.2) is 30.6 Å². The summed E-state index contributed by atoms with van der Waals surface area (Å²) in [6, 6.07) is 5.97. The fourth-order valence-electron chi connectivity index (χ4n) is 1.82. The van der Waals surface area contributed by atoms with E-state index in [9.17, 15) is 0 Å². The van der Waals surface area contributed by atoms with E-state index in [-0.39, 0.29) is 0 Å². The fraction of sp³-hybridized carbons (Fsp3) is 0.357. The van der Waals surface area contributed by atoms with Crippen molar-refractivity contribution in [1.82, 2.24) is 9.55 Å². The minimum Gasteiger partial charge on any atom is -0.382 e. The lowest BCUT2D eigenvalue weighted by atomic mass is 10.3. The molecule has 0 saturated carbocycles. The maximum absolute atomic E-state index is 6.29. The van der Waals surface area contributed by atoms with E-state index in [4.69, 9.17) is 16.3 Å². The molecule has 1 N–H and O–H groups in total. The Morgan fingerprint density at radius 2 is 2.30 bits per heavy atom. The Kier molecular flexibility index (Phi) is 6.12. The van der Waals surface area contributed by atoms with Crippen LogP contribution in [-0.4, -0.2) is 29.3 Å². The maximum atomic E-state index is 6.29. The van der Waals surface area contributed by atoms with Gasteiger partial charge in [0.05, 0.1) is 10.7 Å². The molecule has 0 saturated heterocycles. The van der Waals surface area contributed by atoms with Crippen LogP contribution in [0.1, 0.15) is 13.3 Å². The van der Waals surface area contributed by atoms with Crippen molar-refractivity contribution in [2.75, 3.05) is 25.1 Å². The van der Waals surface area contributed by atoms with E-state index in [0.717, 1.165) is 41.4 Å². The van der Waals surface area contributed by atoms with Gasteiger partial charge in [0, 0.05) is 35.7 Å². The molecule has 2 aromatic rings. The number of aromatic nitrogens is 2. The highest BCUT2D eigenvalue weighted by atomic mass is 127. The summed E-state index contributed by atoms with van der Waals surface area (Å²) in [4.78, 5) is 4.32. The smallest absolute Gasteiger partial charge is 0.207 e. The molecular formula is C14H17ClIN3O. The zero-order valence-electron chi connectivity index (χ0n) is 11.3. The minimum absolute atomic E-state index is 0.715. The summed E-state index contributed by atoms with van der Waals surface area (Å²) in [5.41, 5.74) is 0.928. The average Bonchev–Trinajstić information content (AvgIpc) is 2.87. The molecule has 6 heteroatoms. The molecule has 0 spiro atoms. The molecule has 1 aromatic carbocycles. The summed E-state index contributed by atoms with van der Waals surface area (Å²) in [5, 5.41) is 4.02. The van der Waals surface area contributed by atoms with Crippen molar-refractivity contribution >= 4 is 40.1 Å². The summed E-state index contributed by atoms with van der Waals surface area (Å²) in [5.74, 6) is 0.796. The molecule has 0 aliphatic heterocycles. The molecule has 0 unspecified atom stereocenters. The maximum Gasteiger partial charge on any atom is 0.207 e. The molecule has 108 valence electrons. The Morgan fingerprint density at radius 1 is 1.45 bits per heavy atom. The van der Waals surface area contributed by atoms with Crippen molar-refractivity contribution in [3.8, 4) is 5.69 Å². The van der Waals surface area contributed by atoms with Crippen molar-refractivity contribution in [2.45, 2.75) is 13.3 Å². The number of nitrogens with zero attached hydrogens (tertiary/aromatic N) is 2. The van der Waals surface area contributed by atoms with E-state index in [1.54, 1.807) is 6.20 Å². The highest BCUT2D eigenvalue weighted by Crippen LogP contribution is 2.25. The van der Waals surface area contributed by atoms with Gasteiger partial charge in [-0.25, -0.2) is 4.98 Å². The van der Waals surface area contributed by atoms with Crippen molar-refractivity contribution in [1.29, 1.82) is 0 Å². The summed E-state index contributed by atoms with van der Waals surface area (Å²) >= 11 is 8.54. The van der Waals surface area contributed by atoms with Crippen LogP contribution in [0.3, 0.4) is 0 Å². The number of hydrogen-bond acceptors (Lipinski definition) is 3. The van der Waals surface area contributed by atoms with Gasteiger partial charge in [-0.3, -0.25) is 4.57 Å². The first-order valence-electron chi connectivity index (χ1n) is 6.52. The Labute approximate surface area is 137 Å². The molecule has 2 rings (SSSR count). The zero-order chi connectivity index (χ0) is 14.4. The molecule has 0 atom stereocenters. The number of halogens is 2. The number of nitrogens with one attached hydrogen (secondary N) is 1. The third-order valence-electron chi connectivity index (χ3n) is 2.76. The predicted molar refractivity (Wildman–Crippen MR) is 90.9 cm³/mol. The summed E-state index contributed by atoms with van der Waals surface area (Å²) < 4.78 is 8.38. The lowest BCUT2D eigenvalue weighted by molar-refractivity contribution is 0.147. The second-order valence-electron chi connectivity index (χ2n) is 4.19. The van der Waals surface area contributed by atoms with E-state index >= 15 is 0 Å². The lowest BCUT2D eigenvalue weighted by Gasteiger charge is -2.11. The molecule has 0 aliphatic carbocycles. The van der Waals surface area contributed by atoms with Gasteiger partial charge in [0.25, 0.3) is 0 Å². The summed E-state index contributed by atoms with van der Waals surface area (Å²) in [6.45, 7) is 4.33. The normalized spacial score (nSPS) is 10.8. The molecule has 1 heterocycles. The molecule has 1 aromatic heterocycles. The molecule has 0 fully saturated rings. The monoisotopic (exact) mass is 405 g/mol. The van der Waals surface area contributed by atoms with Crippen LogP contribution in [0.4, 0.5) is 5.95 Å². The van der Waals surface area contributed by atoms with Gasteiger partial charge in [-0.15, -0.1) is 0 Å². The number of rotatable bonds is 7. The van der Waals surface area contributed by atoms with Gasteiger partial charge in [-0.1, -0.05) is 11.6 Å². The van der Waals surface area contributed by atoms with Gasteiger partial charge in [-0.2, -0.15) is 0 Å². The highest BCUT2D eigenvalue weighted by molar-refractivity contribution is 14.1. The van der Waals surface area contributed by atoms with E-state index in [0.29, 0.717) is 5.02 Å². The molecule has 0 bridgehead atoms. The van der Waals surface area contributed by atoms with Crippen LogP contribution in [0.5, 0.6) is 0 Å². The topological polar surface area (TPSA) is 39.1 Å². The number of hydrogen-bond donors (Lipinski definition) is 1. The first kappa shape index (κ1) is 15.6. The molecular weight excluding hydrogens is 389 g/mol. The average molecular weight is 406 g/mol. The molecule has 20 heavy (non-hydrogen) atoms. The van der Waals surface area contributed by atoms with Crippen LogP contribution in [0.2, 0.25) is 5.02 Å². The van der Waals surface area contributed by atoms with Crippen LogP contribution in [-0.2, 0) is 4.74 Å². The van der Waals surface area contributed by atoms with Crippen LogP contribution >= 0.6 is 34.2 Å². The first-order valence-corrected chi connectivity index (χ1v) is 7.98. The Balaban J connectivity index is 2.04. The van der Waals surface area contributed by atoms with Gasteiger partial charge in [-0.05, 0) is 54.1 Å². The fourth-order valence-corrected chi connectivity index (χ4v) is 2.77. The standard InChI is InChI=1S/C14H17ClIN3O/c1-2-20-9-3-6-17-14-18-7-8-19(14)13-5-4-11(16)10-12(13)15/h4-5,7-8,10H,2-3,6,9H2,1H3,(H,17,18). The zero-order valence-corrected chi connectivity index (χ0v) is 14.2. The molecule has 4 nitrogen and oxygen atoms in total. The Bertz CT molecular complexity index is 559. The predicted octanol–water partition coefficient (Wildman–Crippen LogP) is 3.97. The lowest BCUT2D eigenvalue weighted by Crippen LogP contribution is -2.10. The summed E-state index contributed by atoms with van der Waals surface area (Å²) in [7, 11) is 0. The van der Waals surface area contributed by atoms with E-state index in [1.165, 1.54) is 0 Å². The van der Waals surface area contributed by atoms with Gasteiger partial charge >= 0.3 is 0 Å². The van der Waals surface area contributed by atoms with Crippen LogP contribution in [0, 0.1) is 3.57 Å². The van der Waals surface area contributed by atoms with E-state index < -0.39 is 0 Å². The SMILES string of the molecule is CCOCCCNc1nccn1-c1ccc(I)cc1Cl. The van der Waals surface area contributed by atoms with Crippen molar-refractivity contribution in [3.05, 3.63) is 39.2 Å². The van der Waals surface area contributed by atoms with Gasteiger partial charge < -0.3 is 10.1 Å². The second-order valence-corrected chi connectivity index (χ2v) is 5.85. The molecule has 0 amide bonds. The van der Waals surface area contributed by atoms with Crippen LogP contribution in [0.25, 0.3) is 5.69 Å². The number of anilines is 1. The Morgan fingerprint density at radius 3 is 3.05 bits per heavy atom. The number of imidazole rings is 1. The van der Waals surface area contributed by atoms with Crippen molar-refractivity contribution in [3.63, 3.8) is 0 Å². The minimum atomic E-state index is 0.715. The van der Waals surface area contributed by atoms with E-state index in [1.807, 2.05) is 35.9 Å². The van der Waals surface area contributed by atoms with Gasteiger partial charge in [0.1, 0.15) is 0 Å². The number of ether oxygens (including phenoxy) is 1. The summed E-state index contributed by atoms with van der Waals surface area (Å²) in [6.07, 6.45) is 4.61. The van der Waals surface area contributed by atoms with E-state index in [2.05, 4.69) is 32.9 Å². The van der Waals surface area contributed by atoms with Crippen molar-refractivity contribution < 1.29 is 4.74 Å². The van der Waals surface area contributed by atoms with Crippen molar-refractivity contribution in [2.24, 2.45) is 0 Å². The Hall–Kier alpha value is -0.790. The quantitative estimate of drug-likeness (QED) is 0.560.